The van der Waals surface area contributed by atoms with E-state index in [1.165, 1.54) is 0 Å². The van der Waals surface area contributed by atoms with Crippen LogP contribution in [0.2, 0.25) is 0 Å². The summed E-state index contributed by atoms with van der Waals surface area (Å²) >= 11 is 0. The lowest BCUT2D eigenvalue weighted by Crippen LogP contribution is -2.48. The normalized spacial score (nSPS) is 25.0. The third-order valence-corrected chi connectivity index (χ3v) is 3.32. The highest BCUT2D eigenvalue weighted by Crippen LogP contribution is 2.12. The van der Waals surface area contributed by atoms with Crippen molar-refractivity contribution in [2.75, 3.05) is 20.2 Å². The van der Waals surface area contributed by atoms with Crippen molar-refractivity contribution in [1.82, 2.24) is 10.2 Å². The van der Waals surface area contributed by atoms with Crippen LogP contribution < -0.4 is 5.32 Å². The number of ether oxygens (including phenoxy) is 1. The Morgan fingerprint density at radius 3 is 2.78 bits per heavy atom. The minimum absolute atomic E-state index is 0.0803. The summed E-state index contributed by atoms with van der Waals surface area (Å²) in [7, 11) is 1.80. The van der Waals surface area contributed by atoms with Gasteiger partial charge in [0, 0.05) is 13.1 Å². The largest absolute Gasteiger partial charge is 0.374 e. The maximum Gasteiger partial charge on any atom is 0.242 e. The van der Waals surface area contributed by atoms with Gasteiger partial charge in [0.15, 0.2) is 0 Å². The first-order chi connectivity index (χ1) is 8.72. The lowest BCUT2D eigenvalue weighted by atomic mass is 10.1. The molecule has 1 fully saturated rings. The van der Waals surface area contributed by atoms with Crippen molar-refractivity contribution in [1.29, 1.82) is 0 Å². The number of nitrogens with zero attached hydrogens (tertiary/aromatic N) is 1. The topological polar surface area (TPSA) is 41.6 Å². The van der Waals surface area contributed by atoms with Gasteiger partial charge in [-0.3, -0.25) is 4.79 Å². The Morgan fingerprint density at radius 1 is 1.39 bits per heavy atom. The first-order valence-electron chi connectivity index (χ1n) is 6.34. The van der Waals surface area contributed by atoms with E-state index >= 15 is 0 Å². The summed E-state index contributed by atoms with van der Waals surface area (Å²) in [6.07, 6.45) is -0.0803. The molecule has 98 valence electrons. The molecule has 4 nitrogen and oxygen atoms in total. The minimum atomic E-state index is -0.254. The molecule has 0 spiro atoms. The van der Waals surface area contributed by atoms with E-state index in [1.54, 1.807) is 7.05 Å². The molecule has 2 atom stereocenters. The number of carbonyl (C=O) groups is 1. The van der Waals surface area contributed by atoms with Crippen LogP contribution in [0.15, 0.2) is 30.3 Å². The molecule has 2 unspecified atom stereocenters. The quantitative estimate of drug-likeness (QED) is 0.868. The van der Waals surface area contributed by atoms with E-state index in [0.717, 1.165) is 5.56 Å². The van der Waals surface area contributed by atoms with Gasteiger partial charge in [-0.2, -0.15) is 0 Å². The van der Waals surface area contributed by atoms with Gasteiger partial charge in [-0.1, -0.05) is 30.3 Å². The van der Waals surface area contributed by atoms with E-state index in [4.69, 9.17) is 4.74 Å². The molecule has 2 rings (SSSR count). The SMILES string of the molecule is CNC1C(=O)N(Cc2ccccc2)CCOC1C. The summed E-state index contributed by atoms with van der Waals surface area (Å²) in [5.74, 6) is 0.117. The number of hydrogen-bond donors (Lipinski definition) is 1. The summed E-state index contributed by atoms with van der Waals surface area (Å²) < 4.78 is 5.62. The smallest absolute Gasteiger partial charge is 0.242 e. The van der Waals surface area contributed by atoms with E-state index in [0.29, 0.717) is 19.7 Å². The van der Waals surface area contributed by atoms with E-state index < -0.39 is 0 Å². The molecule has 0 bridgehead atoms. The predicted molar refractivity (Wildman–Crippen MR) is 70.1 cm³/mol. The first-order valence-corrected chi connectivity index (χ1v) is 6.34. The Kier molecular flexibility index (Phi) is 4.33. The van der Waals surface area contributed by atoms with Crippen LogP contribution >= 0.6 is 0 Å². The fraction of sp³-hybridized carbons (Fsp3) is 0.500. The van der Waals surface area contributed by atoms with Gasteiger partial charge < -0.3 is 15.0 Å². The van der Waals surface area contributed by atoms with Gasteiger partial charge in [0.1, 0.15) is 6.04 Å². The van der Waals surface area contributed by atoms with Crippen molar-refractivity contribution in [2.24, 2.45) is 0 Å². The number of nitrogens with one attached hydrogen (secondary N) is 1. The van der Waals surface area contributed by atoms with E-state index in [-0.39, 0.29) is 18.1 Å². The highest BCUT2D eigenvalue weighted by molar-refractivity contribution is 5.82. The zero-order chi connectivity index (χ0) is 13.0. The fourth-order valence-corrected chi connectivity index (χ4v) is 2.27. The average molecular weight is 248 g/mol. The molecular weight excluding hydrogens is 228 g/mol. The van der Waals surface area contributed by atoms with Crippen molar-refractivity contribution in [3.05, 3.63) is 35.9 Å². The first kappa shape index (κ1) is 13.1. The monoisotopic (exact) mass is 248 g/mol. The fourth-order valence-electron chi connectivity index (χ4n) is 2.27. The molecule has 0 radical (unpaired) electrons. The third kappa shape index (κ3) is 2.89. The number of likely N-dealkylation sites (N-methyl/N-ethyl adjacent to an activating group) is 1. The molecule has 1 aliphatic rings. The van der Waals surface area contributed by atoms with Crippen molar-refractivity contribution in [2.45, 2.75) is 25.6 Å². The van der Waals surface area contributed by atoms with Gasteiger partial charge in [0.25, 0.3) is 0 Å². The zero-order valence-electron chi connectivity index (χ0n) is 10.9. The lowest BCUT2D eigenvalue weighted by Gasteiger charge is -2.25. The molecule has 1 aromatic rings. The maximum absolute atomic E-state index is 12.4. The molecule has 0 saturated carbocycles. The van der Waals surface area contributed by atoms with Gasteiger partial charge in [-0.15, -0.1) is 0 Å². The Labute approximate surface area is 108 Å². The summed E-state index contributed by atoms with van der Waals surface area (Å²) in [6, 6.07) is 9.79. The lowest BCUT2D eigenvalue weighted by molar-refractivity contribution is -0.134. The number of benzene rings is 1. The standard InChI is InChI=1S/C14H20N2O2/c1-11-13(15-2)14(17)16(8-9-18-11)10-12-6-4-3-5-7-12/h3-7,11,13,15H,8-10H2,1-2H3. The van der Waals surface area contributed by atoms with E-state index in [9.17, 15) is 4.79 Å². The number of amides is 1. The summed E-state index contributed by atoms with van der Waals surface area (Å²) in [5.41, 5.74) is 1.15. The van der Waals surface area contributed by atoms with Gasteiger partial charge in [0.2, 0.25) is 5.91 Å². The van der Waals surface area contributed by atoms with Crippen LogP contribution in [0.1, 0.15) is 12.5 Å². The molecule has 1 heterocycles. The summed E-state index contributed by atoms with van der Waals surface area (Å²) in [6.45, 7) is 3.83. The van der Waals surface area contributed by atoms with Gasteiger partial charge >= 0.3 is 0 Å². The van der Waals surface area contributed by atoms with E-state index in [1.807, 2.05) is 42.2 Å². The third-order valence-electron chi connectivity index (χ3n) is 3.32. The van der Waals surface area contributed by atoms with Gasteiger partial charge in [-0.05, 0) is 19.5 Å². The van der Waals surface area contributed by atoms with Crippen LogP contribution in [0.3, 0.4) is 0 Å². The molecular formula is C14H20N2O2. The second kappa shape index (κ2) is 5.98. The van der Waals surface area contributed by atoms with Crippen molar-refractivity contribution in [3.8, 4) is 0 Å². The molecule has 18 heavy (non-hydrogen) atoms. The van der Waals surface area contributed by atoms with Crippen molar-refractivity contribution in [3.63, 3.8) is 0 Å². The Morgan fingerprint density at radius 2 is 2.11 bits per heavy atom. The number of hydrogen-bond acceptors (Lipinski definition) is 3. The molecule has 0 aliphatic carbocycles. The summed E-state index contributed by atoms with van der Waals surface area (Å²) in [5, 5.41) is 3.04. The molecule has 1 amide bonds. The molecule has 1 aliphatic heterocycles. The molecule has 4 heteroatoms. The van der Waals surface area contributed by atoms with Crippen LogP contribution in [0.5, 0.6) is 0 Å². The average Bonchev–Trinajstić information content (AvgIpc) is 2.51. The molecule has 1 saturated heterocycles. The highest BCUT2D eigenvalue weighted by Gasteiger charge is 2.31. The van der Waals surface area contributed by atoms with Crippen LogP contribution in [0, 0.1) is 0 Å². The van der Waals surface area contributed by atoms with Crippen LogP contribution in [-0.2, 0) is 16.1 Å². The van der Waals surface area contributed by atoms with Gasteiger partial charge in [0.05, 0.1) is 12.7 Å². The second-order valence-electron chi connectivity index (χ2n) is 4.59. The zero-order valence-corrected chi connectivity index (χ0v) is 10.9. The molecule has 1 aromatic carbocycles. The number of rotatable bonds is 3. The Balaban J connectivity index is 2.10. The number of carbonyl (C=O) groups excluding carboxylic acids is 1. The molecule has 1 N–H and O–H groups in total. The Bertz CT molecular complexity index is 394. The van der Waals surface area contributed by atoms with Crippen LogP contribution in [-0.4, -0.2) is 43.2 Å². The highest BCUT2D eigenvalue weighted by atomic mass is 16.5. The molecule has 0 aromatic heterocycles. The van der Waals surface area contributed by atoms with E-state index in [2.05, 4.69) is 5.32 Å². The second-order valence-corrected chi connectivity index (χ2v) is 4.59. The van der Waals surface area contributed by atoms with Crippen LogP contribution in [0.4, 0.5) is 0 Å². The van der Waals surface area contributed by atoms with Crippen LogP contribution in [0.25, 0.3) is 0 Å². The van der Waals surface area contributed by atoms with Gasteiger partial charge in [-0.25, -0.2) is 0 Å². The predicted octanol–water partition coefficient (Wildman–Crippen LogP) is 1.02. The maximum atomic E-state index is 12.4. The minimum Gasteiger partial charge on any atom is -0.374 e. The Hall–Kier alpha value is -1.39. The van der Waals surface area contributed by atoms with Crippen molar-refractivity contribution >= 4 is 5.91 Å². The summed E-state index contributed by atoms with van der Waals surface area (Å²) in [4.78, 5) is 14.2. The van der Waals surface area contributed by atoms with Crippen molar-refractivity contribution < 1.29 is 9.53 Å².